The van der Waals surface area contributed by atoms with Crippen molar-refractivity contribution in [2.45, 2.75) is 13.0 Å². The number of hydrazine groups is 1. The molecule has 18 heavy (non-hydrogen) atoms. The van der Waals surface area contributed by atoms with Crippen molar-refractivity contribution in [1.29, 1.82) is 0 Å². The highest BCUT2D eigenvalue weighted by molar-refractivity contribution is 7.18. The first kappa shape index (κ1) is 11.8. The molecule has 1 aliphatic heterocycles. The number of nitrogens with one attached hydrogen (secondary N) is 1. The fraction of sp³-hybridized carbons (Fsp3) is 0.455. The molecule has 7 heteroatoms. The zero-order valence-corrected chi connectivity index (χ0v) is 10.8. The zero-order chi connectivity index (χ0) is 12.5. The summed E-state index contributed by atoms with van der Waals surface area (Å²) in [6.07, 6.45) is -0.211. The summed E-state index contributed by atoms with van der Waals surface area (Å²) in [5.74, 6) is 6.77. The fourth-order valence-electron chi connectivity index (χ4n) is 1.95. The number of nitrogens with two attached hydrogens (primary N) is 1. The van der Waals surface area contributed by atoms with Crippen LogP contribution in [0.4, 0.5) is 5.82 Å². The number of nitrogen functional groups attached to an aromatic ring is 1. The van der Waals surface area contributed by atoms with E-state index in [2.05, 4.69) is 15.4 Å². The molecule has 0 aliphatic carbocycles. The van der Waals surface area contributed by atoms with Gasteiger partial charge in [0.1, 0.15) is 10.9 Å². The van der Waals surface area contributed by atoms with Gasteiger partial charge >= 0.3 is 0 Å². The number of fused-ring (bicyclic) bond motifs is 1. The van der Waals surface area contributed by atoms with Crippen molar-refractivity contribution in [2.24, 2.45) is 5.84 Å². The minimum absolute atomic E-state index is 0.211. The number of aryl methyl sites for hydroxylation is 1. The number of thiophene rings is 1. The van der Waals surface area contributed by atoms with E-state index >= 15 is 0 Å². The summed E-state index contributed by atoms with van der Waals surface area (Å²) in [6, 6.07) is 2.03. The highest BCUT2D eigenvalue weighted by Gasteiger charge is 2.21. The van der Waals surface area contributed by atoms with Crippen LogP contribution >= 0.6 is 11.3 Å². The normalized spacial score (nSPS) is 20.2. The summed E-state index contributed by atoms with van der Waals surface area (Å²) >= 11 is 1.62. The van der Waals surface area contributed by atoms with Gasteiger partial charge in [0.25, 0.3) is 0 Å². The number of rotatable bonds is 2. The molecule has 6 nitrogen and oxygen atoms in total. The Morgan fingerprint density at radius 1 is 1.44 bits per heavy atom. The van der Waals surface area contributed by atoms with Gasteiger partial charge in [0.2, 0.25) is 0 Å². The van der Waals surface area contributed by atoms with E-state index in [0.29, 0.717) is 31.5 Å². The summed E-state index contributed by atoms with van der Waals surface area (Å²) in [5.41, 5.74) is 2.62. The van der Waals surface area contributed by atoms with Crippen LogP contribution in [0.5, 0.6) is 0 Å². The van der Waals surface area contributed by atoms with E-state index in [-0.39, 0.29) is 6.10 Å². The van der Waals surface area contributed by atoms with Gasteiger partial charge in [-0.15, -0.1) is 11.3 Å². The van der Waals surface area contributed by atoms with Gasteiger partial charge in [0.05, 0.1) is 25.2 Å². The molecule has 1 aliphatic rings. The third-order valence-corrected chi connectivity index (χ3v) is 3.72. The van der Waals surface area contributed by atoms with E-state index < -0.39 is 0 Å². The summed E-state index contributed by atoms with van der Waals surface area (Å²) in [6.45, 7) is 3.71. The average Bonchev–Trinajstić information content (AvgIpc) is 2.78. The van der Waals surface area contributed by atoms with Crippen molar-refractivity contribution in [3.63, 3.8) is 0 Å². The Balaban J connectivity index is 2.06. The molecule has 0 bridgehead atoms. The second kappa shape index (κ2) is 4.77. The quantitative estimate of drug-likeness (QED) is 0.631. The third kappa shape index (κ3) is 2.05. The predicted molar refractivity (Wildman–Crippen MR) is 69.5 cm³/mol. The minimum atomic E-state index is -0.211. The Bertz CT molecular complexity index is 565. The molecule has 3 rings (SSSR count). The maximum absolute atomic E-state index is 5.61. The highest BCUT2D eigenvalue weighted by atomic mass is 32.1. The van der Waals surface area contributed by atoms with Gasteiger partial charge in [-0.3, -0.25) is 0 Å². The van der Waals surface area contributed by atoms with Gasteiger partial charge in [-0.2, -0.15) is 0 Å². The number of hydrogen-bond donors (Lipinski definition) is 2. The second-order valence-corrected chi connectivity index (χ2v) is 5.32. The van der Waals surface area contributed by atoms with Crippen molar-refractivity contribution < 1.29 is 9.47 Å². The molecule has 0 aromatic carbocycles. The van der Waals surface area contributed by atoms with Crippen LogP contribution in [-0.4, -0.2) is 29.8 Å². The molecule has 3 heterocycles. The lowest BCUT2D eigenvalue weighted by Crippen LogP contribution is -2.24. The van der Waals surface area contributed by atoms with E-state index in [4.69, 9.17) is 15.3 Å². The first-order valence-corrected chi connectivity index (χ1v) is 6.53. The van der Waals surface area contributed by atoms with Gasteiger partial charge in [0.15, 0.2) is 11.6 Å². The van der Waals surface area contributed by atoms with E-state index in [1.54, 1.807) is 11.3 Å². The lowest BCUT2D eigenvalue weighted by Gasteiger charge is -2.21. The Labute approximate surface area is 108 Å². The zero-order valence-electron chi connectivity index (χ0n) is 9.97. The van der Waals surface area contributed by atoms with Crippen LogP contribution < -0.4 is 11.3 Å². The van der Waals surface area contributed by atoms with E-state index in [9.17, 15) is 0 Å². The average molecular weight is 266 g/mol. The van der Waals surface area contributed by atoms with Crippen LogP contribution in [0.3, 0.4) is 0 Å². The first-order chi connectivity index (χ1) is 8.78. The van der Waals surface area contributed by atoms with E-state index in [1.807, 2.05) is 13.0 Å². The first-order valence-electron chi connectivity index (χ1n) is 5.72. The van der Waals surface area contributed by atoms with Crippen molar-refractivity contribution in [2.75, 3.05) is 25.2 Å². The number of hydrogen-bond acceptors (Lipinski definition) is 7. The number of anilines is 1. The molecule has 1 fully saturated rings. The molecule has 0 amide bonds. The largest absolute Gasteiger partial charge is 0.376 e. The predicted octanol–water partition coefficient (Wildman–Crippen LogP) is 1.37. The van der Waals surface area contributed by atoms with Crippen LogP contribution in [0.1, 0.15) is 16.8 Å². The van der Waals surface area contributed by atoms with Crippen molar-refractivity contribution >= 4 is 27.4 Å². The molecule has 1 saturated heterocycles. The third-order valence-electron chi connectivity index (χ3n) is 2.77. The SMILES string of the molecule is Cc1cc2c(NN)nc(C3COCCO3)nc2s1. The Morgan fingerprint density at radius 3 is 3.06 bits per heavy atom. The number of ether oxygens (including phenoxy) is 2. The lowest BCUT2D eigenvalue weighted by molar-refractivity contribution is -0.0933. The molecular formula is C11H14N4O2S. The van der Waals surface area contributed by atoms with Crippen LogP contribution in [0.2, 0.25) is 0 Å². The molecule has 0 radical (unpaired) electrons. The van der Waals surface area contributed by atoms with E-state index in [0.717, 1.165) is 10.2 Å². The number of aromatic nitrogens is 2. The molecule has 0 saturated carbocycles. The Morgan fingerprint density at radius 2 is 2.33 bits per heavy atom. The van der Waals surface area contributed by atoms with Crippen molar-refractivity contribution in [3.8, 4) is 0 Å². The van der Waals surface area contributed by atoms with Gasteiger partial charge in [0, 0.05) is 4.88 Å². The monoisotopic (exact) mass is 266 g/mol. The van der Waals surface area contributed by atoms with Crippen LogP contribution in [0, 0.1) is 6.92 Å². The van der Waals surface area contributed by atoms with Crippen LogP contribution in [0.25, 0.3) is 10.2 Å². The molecule has 3 N–H and O–H groups in total. The Hall–Kier alpha value is -1.28. The molecule has 1 unspecified atom stereocenters. The van der Waals surface area contributed by atoms with E-state index in [1.165, 1.54) is 4.88 Å². The van der Waals surface area contributed by atoms with Crippen molar-refractivity contribution in [1.82, 2.24) is 9.97 Å². The summed E-state index contributed by atoms with van der Waals surface area (Å²) in [4.78, 5) is 11.0. The van der Waals surface area contributed by atoms with Crippen molar-refractivity contribution in [3.05, 3.63) is 16.8 Å². The van der Waals surface area contributed by atoms with Crippen LogP contribution in [-0.2, 0) is 9.47 Å². The summed E-state index contributed by atoms with van der Waals surface area (Å²) < 4.78 is 11.0. The number of nitrogens with zero attached hydrogens (tertiary/aromatic N) is 2. The Kier molecular flexibility index (Phi) is 3.13. The minimum Gasteiger partial charge on any atom is -0.376 e. The molecule has 2 aromatic heterocycles. The van der Waals surface area contributed by atoms with Gasteiger partial charge in [-0.1, -0.05) is 0 Å². The molecule has 96 valence electrons. The topological polar surface area (TPSA) is 82.3 Å². The lowest BCUT2D eigenvalue weighted by atomic mass is 10.3. The van der Waals surface area contributed by atoms with Gasteiger partial charge in [-0.25, -0.2) is 15.8 Å². The highest BCUT2D eigenvalue weighted by Crippen LogP contribution is 2.30. The smallest absolute Gasteiger partial charge is 0.163 e. The van der Waals surface area contributed by atoms with Gasteiger partial charge in [-0.05, 0) is 13.0 Å². The standard InChI is InChI=1S/C11H14N4O2S/c1-6-4-7-9(15-12)13-10(14-11(7)18-6)8-5-16-2-3-17-8/h4,8H,2-3,5,12H2,1H3,(H,13,14,15). The van der Waals surface area contributed by atoms with Crippen LogP contribution in [0.15, 0.2) is 6.07 Å². The maximum Gasteiger partial charge on any atom is 0.163 e. The summed E-state index contributed by atoms with van der Waals surface area (Å²) in [7, 11) is 0. The summed E-state index contributed by atoms with van der Waals surface area (Å²) in [5, 5.41) is 0.945. The fourth-order valence-corrected chi connectivity index (χ4v) is 2.84. The molecule has 1 atom stereocenters. The molecule has 2 aromatic rings. The second-order valence-electron chi connectivity index (χ2n) is 4.08. The maximum atomic E-state index is 5.61. The molecule has 0 spiro atoms. The van der Waals surface area contributed by atoms with Gasteiger partial charge < -0.3 is 14.9 Å². The molecular weight excluding hydrogens is 252 g/mol.